The van der Waals surface area contributed by atoms with Gasteiger partial charge in [0.2, 0.25) is 0 Å². The lowest BCUT2D eigenvalue weighted by atomic mass is 10.1. The smallest absolute Gasteiger partial charge is 0.278 e. The summed E-state index contributed by atoms with van der Waals surface area (Å²) in [6.07, 6.45) is 0. The molecule has 100 valence electrons. The SMILES string of the molecule is O=C1Nc2ccc(Cl)cc2/C1=N/OCc1ccccc1. The van der Waals surface area contributed by atoms with Gasteiger partial charge in [-0.2, -0.15) is 0 Å². The molecule has 2 aromatic carbocycles. The van der Waals surface area contributed by atoms with Crippen molar-refractivity contribution in [1.29, 1.82) is 0 Å². The van der Waals surface area contributed by atoms with E-state index in [9.17, 15) is 4.79 Å². The van der Waals surface area contributed by atoms with Gasteiger partial charge in [-0.15, -0.1) is 0 Å². The quantitative estimate of drug-likeness (QED) is 0.881. The maximum atomic E-state index is 11.8. The Hall–Kier alpha value is -2.33. The number of anilines is 1. The third-order valence-electron chi connectivity index (χ3n) is 2.93. The van der Waals surface area contributed by atoms with Crippen LogP contribution in [-0.2, 0) is 16.2 Å². The van der Waals surface area contributed by atoms with Gasteiger partial charge in [-0.1, -0.05) is 47.1 Å². The molecule has 0 spiro atoms. The second kappa shape index (κ2) is 5.35. The third-order valence-corrected chi connectivity index (χ3v) is 3.16. The van der Waals surface area contributed by atoms with Crippen molar-refractivity contribution < 1.29 is 9.63 Å². The van der Waals surface area contributed by atoms with Gasteiger partial charge in [-0.05, 0) is 23.8 Å². The molecule has 1 amide bonds. The Morgan fingerprint density at radius 1 is 1.15 bits per heavy atom. The molecule has 0 radical (unpaired) electrons. The van der Waals surface area contributed by atoms with Crippen LogP contribution in [0.25, 0.3) is 0 Å². The van der Waals surface area contributed by atoms with E-state index >= 15 is 0 Å². The Kier molecular flexibility index (Phi) is 3.39. The van der Waals surface area contributed by atoms with E-state index < -0.39 is 0 Å². The fourth-order valence-electron chi connectivity index (χ4n) is 1.96. The minimum absolute atomic E-state index is 0.249. The van der Waals surface area contributed by atoms with Crippen LogP contribution in [0.2, 0.25) is 5.02 Å². The highest BCUT2D eigenvalue weighted by atomic mass is 35.5. The number of benzene rings is 2. The molecule has 1 N–H and O–H groups in total. The molecule has 1 heterocycles. The molecule has 2 aromatic rings. The summed E-state index contributed by atoms with van der Waals surface area (Å²) in [6.45, 7) is 0.313. The number of hydrogen-bond acceptors (Lipinski definition) is 3. The molecule has 0 bridgehead atoms. The Labute approximate surface area is 121 Å². The van der Waals surface area contributed by atoms with E-state index in [1.165, 1.54) is 0 Å². The number of fused-ring (bicyclic) bond motifs is 1. The van der Waals surface area contributed by atoms with Crippen molar-refractivity contribution in [3.8, 4) is 0 Å². The monoisotopic (exact) mass is 286 g/mol. The average Bonchev–Trinajstić information content (AvgIpc) is 2.76. The lowest BCUT2D eigenvalue weighted by Gasteiger charge is -2.01. The summed E-state index contributed by atoms with van der Waals surface area (Å²) < 4.78 is 0. The van der Waals surface area contributed by atoms with E-state index in [2.05, 4.69) is 10.5 Å². The molecule has 0 fully saturated rings. The van der Waals surface area contributed by atoms with Gasteiger partial charge in [-0.3, -0.25) is 4.79 Å². The first-order chi connectivity index (χ1) is 9.74. The maximum absolute atomic E-state index is 11.8. The number of nitrogens with zero attached hydrogens (tertiary/aromatic N) is 1. The van der Waals surface area contributed by atoms with Crippen molar-refractivity contribution in [3.05, 3.63) is 64.7 Å². The maximum Gasteiger partial charge on any atom is 0.278 e. The number of carbonyl (C=O) groups excluding carboxylic acids is 1. The first-order valence-corrected chi connectivity index (χ1v) is 6.47. The molecule has 1 aliphatic rings. The second-order valence-electron chi connectivity index (χ2n) is 4.34. The van der Waals surface area contributed by atoms with Crippen LogP contribution in [0.3, 0.4) is 0 Å². The van der Waals surface area contributed by atoms with Gasteiger partial charge in [0.15, 0.2) is 5.71 Å². The van der Waals surface area contributed by atoms with Crippen LogP contribution in [0.5, 0.6) is 0 Å². The number of amides is 1. The average molecular weight is 287 g/mol. The molecule has 0 aromatic heterocycles. The fraction of sp³-hybridized carbons (Fsp3) is 0.0667. The molecule has 4 nitrogen and oxygen atoms in total. The predicted molar refractivity (Wildman–Crippen MR) is 77.8 cm³/mol. The summed E-state index contributed by atoms with van der Waals surface area (Å²) in [5.74, 6) is -0.282. The highest BCUT2D eigenvalue weighted by Crippen LogP contribution is 2.26. The van der Waals surface area contributed by atoms with Crippen molar-refractivity contribution in [2.45, 2.75) is 6.61 Å². The van der Waals surface area contributed by atoms with Crippen LogP contribution in [0.4, 0.5) is 5.69 Å². The van der Waals surface area contributed by atoms with Crippen LogP contribution in [0, 0.1) is 0 Å². The van der Waals surface area contributed by atoms with Crippen molar-refractivity contribution in [2.24, 2.45) is 5.16 Å². The van der Waals surface area contributed by atoms with Crippen LogP contribution in [-0.4, -0.2) is 11.6 Å². The van der Waals surface area contributed by atoms with Gasteiger partial charge in [0.1, 0.15) is 6.61 Å². The Morgan fingerprint density at radius 3 is 2.75 bits per heavy atom. The summed E-state index contributed by atoms with van der Waals surface area (Å²) in [7, 11) is 0. The van der Waals surface area contributed by atoms with Crippen molar-refractivity contribution in [1.82, 2.24) is 0 Å². The number of nitrogens with one attached hydrogen (secondary N) is 1. The zero-order valence-corrected chi connectivity index (χ0v) is 11.2. The van der Waals surface area contributed by atoms with Gasteiger partial charge < -0.3 is 10.2 Å². The molecule has 0 saturated carbocycles. The number of oxime groups is 1. The van der Waals surface area contributed by atoms with Gasteiger partial charge in [0.05, 0.1) is 5.69 Å². The lowest BCUT2D eigenvalue weighted by molar-refractivity contribution is -0.110. The highest BCUT2D eigenvalue weighted by molar-refractivity contribution is 6.54. The summed E-state index contributed by atoms with van der Waals surface area (Å²) >= 11 is 5.93. The minimum atomic E-state index is -0.282. The molecule has 5 heteroatoms. The van der Waals surface area contributed by atoms with E-state index in [1.54, 1.807) is 18.2 Å². The zero-order chi connectivity index (χ0) is 13.9. The van der Waals surface area contributed by atoms with Gasteiger partial charge >= 0.3 is 0 Å². The number of halogens is 1. The van der Waals surface area contributed by atoms with Crippen LogP contribution >= 0.6 is 11.6 Å². The molecule has 0 saturated heterocycles. The Morgan fingerprint density at radius 2 is 1.95 bits per heavy atom. The number of hydrogen-bond donors (Lipinski definition) is 1. The summed E-state index contributed by atoms with van der Waals surface area (Å²) in [5, 5.41) is 7.19. The van der Waals surface area contributed by atoms with Gasteiger partial charge in [0.25, 0.3) is 5.91 Å². The molecule has 0 atom stereocenters. The van der Waals surface area contributed by atoms with Gasteiger partial charge in [-0.25, -0.2) is 0 Å². The van der Waals surface area contributed by atoms with E-state index in [4.69, 9.17) is 16.4 Å². The third kappa shape index (κ3) is 2.51. The number of rotatable bonds is 3. The highest BCUT2D eigenvalue weighted by Gasteiger charge is 2.26. The predicted octanol–water partition coefficient (Wildman–Crippen LogP) is 3.21. The van der Waals surface area contributed by atoms with E-state index in [-0.39, 0.29) is 11.6 Å². The lowest BCUT2D eigenvalue weighted by Crippen LogP contribution is -2.14. The molecular weight excluding hydrogens is 276 g/mol. The molecular formula is C15H11ClN2O2. The van der Waals surface area contributed by atoms with E-state index in [1.807, 2.05) is 30.3 Å². The Balaban J connectivity index is 1.79. The first-order valence-electron chi connectivity index (χ1n) is 6.09. The van der Waals surface area contributed by atoms with E-state index in [0.29, 0.717) is 22.9 Å². The number of carbonyl (C=O) groups is 1. The first kappa shape index (κ1) is 12.7. The molecule has 3 rings (SSSR count). The standard InChI is InChI=1S/C15H11ClN2O2/c16-11-6-7-13-12(8-11)14(15(19)17-13)18-20-9-10-4-2-1-3-5-10/h1-8H,9H2,(H,17,18,19). The van der Waals surface area contributed by atoms with Crippen LogP contribution < -0.4 is 5.32 Å². The molecule has 1 aliphatic heterocycles. The fourth-order valence-corrected chi connectivity index (χ4v) is 2.13. The summed E-state index contributed by atoms with van der Waals surface area (Å²) in [5.41, 5.74) is 2.59. The van der Waals surface area contributed by atoms with E-state index in [0.717, 1.165) is 5.56 Å². The van der Waals surface area contributed by atoms with Crippen molar-refractivity contribution in [3.63, 3.8) is 0 Å². The van der Waals surface area contributed by atoms with Crippen molar-refractivity contribution >= 4 is 28.9 Å². The van der Waals surface area contributed by atoms with Crippen LogP contribution in [0.1, 0.15) is 11.1 Å². The minimum Gasteiger partial charge on any atom is -0.390 e. The van der Waals surface area contributed by atoms with Crippen LogP contribution in [0.15, 0.2) is 53.7 Å². The van der Waals surface area contributed by atoms with Crippen molar-refractivity contribution in [2.75, 3.05) is 5.32 Å². The second-order valence-corrected chi connectivity index (χ2v) is 4.78. The van der Waals surface area contributed by atoms with Gasteiger partial charge in [0, 0.05) is 10.6 Å². The largest absolute Gasteiger partial charge is 0.390 e. The summed E-state index contributed by atoms with van der Waals surface area (Å²) in [6, 6.07) is 14.8. The molecule has 0 aliphatic carbocycles. The molecule has 20 heavy (non-hydrogen) atoms. The topological polar surface area (TPSA) is 50.7 Å². The summed E-state index contributed by atoms with van der Waals surface area (Å²) in [4.78, 5) is 17.1. The zero-order valence-electron chi connectivity index (χ0n) is 10.5. The normalized spacial score (nSPS) is 15.1. The molecule has 0 unspecified atom stereocenters. The Bertz CT molecular complexity index is 684.